The minimum atomic E-state index is -0.238. The Hall–Kier alpha value is -2.01. The molecule has 5 heteroatoms. The van der Waals surface area contributed by atoms with Gasteiger partial charge in [0.1, 0.15) is 5.82 Å². The molecule has 1 unspecified atom stereocenters. The molecule has 0 fully saturated rings. The molecule has 2 aromatic heterocycles. The number of hydrogen-bond acceptors (Lipinski definition) is 2. The molecule has 0 aliphatic carbocycles. The first kappa shape index (κ1) is 13.0. The number of halogens is 1. The predicted molar refractivity (Wildman–Crippen MR) is 79.9 cm³/mol. The molecule has 0 aliphatic rings. The number of imidazole rings is 1. The summed E-state index contributed by atoms with van der Waals surface area (Å²) in [6, 6.07) is 10.4. The van der Waals surface area contributed by atoms with Crippen LogP contribution < -0.4 is 0 Å². The number of hydrogen-bond donors (Lipinski definition) is 1. The van der Waals surface area contributed by atoms with E-state index in [1.807, 2.05) is 30.5 Å². The Bertz CT molecular complexity index is 817. The zero-order valence-electron chi connectivity index (χ0n) is 11.2. The Morgan fingerprint density at radius 3 is 2.60 bits per heavy atom. The first-order chi connectivity index (χ1) is 9.56. The highest BCUT2D eigenvalue weighted by Crippen LogP contribution is 2.23. The van der Waals surface area contributed by atoms with E-state index in [0.29, 0.717) is 4.77 Å². The Kier molecular flexibility index (Phi) is 3.14. The molecular weight excluding hydrogens is 273 g/mol. The standard InChI is InChI=1S/C15H14FN3S/c1-9-3-8-13-14(17-9)19(15(20)18-13)10(2)11-4-6-12(16)7-5-11/h3-8,10H,1-2H3,(H,18,20). The van der Waals surface area contributed by atoms with E-state index in [-0.39, 0.29) is 11.9 Å². The largest absolute Gasteiger partial charge is 0.329 e. The van der Waals surface area contributed by atoms with Gasteiger partial charge in [-0.2, -0.15) is 0 Å². The minimum absolute atomic E-state index is 0.00819. The Morgan fingerprint density at radius 1 is 1.20 bits per heavy atom. The van der Waals surface area contributed by atoms with Gasteiger partial charge in [0, 0.05) is 5.69 Å². The normalized spacial score (nSPS) is 12.8. The van der Waals surface area contributed by atoms with E-state index in [0.717, 1.165) is 22.4 Å². The van der Waals surface area contributed by atoms with Crippen molar-refractivity contribution in [1.29, 1.82) is 0 Å². The number of H-pyrrole nitrogens is 1. The number of nitrogens with zero attached hydrogens (tertiary/aromatic N) is 2. The second kappa shape index (κ2) is 4.83. The van der Waals surface area contributed by atoms with Gasteiger partial charge in [0.15, 0.2) is 10.4 Å². The molecule has 2 heterocycles. The molecule has 1 atom stereocenters. The fraction of sp³-hybridized carbons (Fsp3) is 0.200. The van der Waals surface area contributed by atoms with Crippen LogP contribution in [0.4, 0.5) is 4.39 Å². The van der Waals surface area contributed by atoms with Gasteiger partial charge in [-0.1, -0.05) is 12.1 Å². The van der Waals surface area contributed by atoms with Crippen molar-refractivity contribution in [1.82, 2.24) is 14.5 Å². The Morgan fingerprint density at radius 2 is 1.90 bits per heavy atom. The summed E-state index contributed by atoms with van der Waals surface area (Å²) in [7, 11) is 0. The maximum absolute atomic E-state index is 13.0. The number of aryl methyl sites for hydroxylation is 1. The SMILES string of the molecule is Cc1ccc2[nH]c(=S)n(C(C)c3ccc(F)cc3)c2n1. The number of pyridine rings is 1. The topological polar surface area (TPSA) is 33.6 Å². The van der Waals surface area contributed by atoms with E-state index in [2.05, 4.69) is 9.97 Å². The molecule has 0 amide bonds. The summed E-state index contributed by atoms with van der Waals surface area (Å²) in [5, 5.41) is 0. The van der Waals surface area contributed by atoms with Crippen LogP contribution in [-0.4, -0.2) is 14.5 Å². The minimum Gasteiger partial charge on any atom is -0.329 e. The number of aromatic nitrogens is 3. The summed E-state index contributed by atoms with van der Waals surface area (Å²) in [4.78, 5) is 7.71. The Balaban J connectivity index is 2.18. The summed E-state index contributed by atoms with van der Waals surface area (Å²) in [6.45, 7) is 3.97. The third-order valence-corrected chi connectivity index (χ3v) is 3.74. The van der Waals surface area contributed by atoms with Crippen LogP contribution in [0, 0.1) is 17.5 Å². The van der Waals surface area contributed by atoms with Crippen LogP contribution in [0.25, 0.3) is 11.2 Å². The van der Waals surface area contributed by atoms with Gasteiger partial charge >= 0.3 is 0 Å². The summed E-state index contributed by atoms with van der Waals surface area (Å²) in [6.07, 6.45) is 0. The van der Waals surface area contributed by atoms with Gasteiger partial charge < -0.3 is 4.98 Å². The summed E-state index contributed by atoms with van der Waals surface area (Å²) >= 11 is 5.39. The predicted octanol–water partition coefficient (Wildman–Crippen LogP) is 4.15. The molecule has 1 aromatic carbocycles. The second-order valence-electron chi connectivity index (χ2n) is 4.85. The van der Waals surface area contributed by atoms with Gasteiger partial charge in [0.25, 0.3) is 0 Å². The van der Waals surface area contributed by atoms with Crippen molar-refractivity contribution >= 4 is 23.4 Å². The van der Waals surface area contributed by atoms with Gasteiger partial charge in [0.05, 0.1) is 11.6 Å². The molecule has 102 valence electrons. The highest BCUT2D eigenvalue weighted by molar-refractivity contribution is 7.71. The van der Waals surface area contributed by atoms with Crippen molar-refractivity contribution in [3.05, 3.63) is 58.2 Å². The fourth-order valence-electron chi connectivity index (χ4n) is 2.35. The van der Waals surface area contributed by atoms with Crippen LogP contribution in [0.5, 0.6) is 0 Å². The first-order valence-corrected chi connectivity index (χ1v) is 6.80. The molecule has 0 radical (unpaired) electrons. The van der Waals surface area contributed by atoms with E-state index < -0.39 is 0 Å². The van der Waals surface area contributed by atoms with Gasteiger partial charge in [0.2, 0.25) is 0 Å². The zero-order valence-corrected chi connectivity index (χ0v) is 12.0. The number of benzene rings is 1. The van der Waals surface area contributed by atoms with Crippen LogP contribution in [0.15, 0.2) is 36.4 Å². The lowest BCUT2D eigenvalue weighted by molar-refractivity contribution is 0.617. The van der Waals surface area contributed by atoms with Crippen LogP contribution in [-0.2, 0) is 0 Å². The zero-order chi connectivity index (χ0) is 14.3. The molecule has 3 aromatic rings. The van der Waals surface area contributed by atoms with Gasteiger partial charge in [-0.05, 0) is 55.9 Å². The second-order valence-corrected chi connectivity index (χ2v) is 5.24. The third kappa shape index (κ3) is 2.14. The number of rotatable bonds is 2. The highest BCUT2D eigenvalue weighted by atomic mass is 32.1. The lowest BCUT2D eigenvalue weighted by atomic mass is 10.1. The summed E-state index contributed by atoms with van der Waals surface area (Å²) in [5.74, 6) is -0.238. The molecule has 1 N–H and O–H groups in total. The van der Waals surface area contributed by atoms with Crippen molar-refractivity contribution in [3.8, 4) is 0 Å². The summed E-state index contributed by atoms with van der Waals surface area (Å²) in [5.41, 5.74) is 3.67. The van der Waals surface area contributed by atoms with Gasteiger partial charge in [-0.25, -0.2) is 9.37 Å². The van der Waals surface area contributed by atoms with Crippen LogP contribution in [0.2, 0.25) is 0 Å². The quantitative estimate of drug-likeness (QED) is 0.718. The van der Waals surface area contributed by atoms with E-state index >= 15 is 0 Å². The molecule has 3 rings (SSSR count). The van der Waals surface area contributed by atoms with Gasteiger partial charge in [-0.3, -0.25) is 4.57 Å². The maximum atomic E-state index is 13.0. The number of aromatic amines is 1. The molecule has 0 spiro atoms. The van der Waals surface area contributed by atoms with Crippen LogP contribution >= 0.6 is 12.2 Å². The number of nitrogens with one attached hydrogen (secondary N) is 1. The van der Waals surface area contributed by atoms with Crippen molar-refractivity contribution < 1.29 is 4.39 Å². The molecule has 0 saturated heterocycles. The molecule has 20 heavy (non-hydrogen) atoms. The third-order valence-electron chi connectivity index (χ3n) is 3.44. The molecule has 0 aliphatic heterocycles. The van der Waals surface area contributed by atoms with Crippen molar-refractivity contribution in [2.45, 2.75) is 19.9 Å². The Labute approximate surface area is 121 Å². The van der Waals surface area contributed by atoms with Crippen LogP contribution in [0.1, 0.15) is 24.2 Å². The summed E-state index contributed by atoms with van der Waals surface area (Å²) < 4.78 is 15.6. The maximum Gasteiger partial charge on any atom is 0.179 e. The monoisotopic (exact) mass is 287 g/mol. The van der Waals surface area contributed by atoms with Crippen molar-refractivity contribution in [2.24, 2.45) is 0 Å². The van der Waals surface area contributed by atoms with E-state index in [9.17, 15) is 4.39 Å². The molecule has 0 bridgehead atoms. The molecule has 0 saturated carbocycles. The van der Waals surface area contributed by atoms with E-state index in [4.69, 9.17) is 12.2 Å². The highest BCUT2D eigenvalue weighted by Gasteiger charge is 2.14. The number of fused-ring (bicyclic) bond motifs is 1. The first-order valence-electron chi connectivity index (χ1n) is 6.39. The van der Waals surface area contributed by atoms with Crippen molar-refractivity contribution in [2.75, 3.05) is 0 Å². The lowest BCUT2D eigenvalue weighted by Gasteiger charge is -2.14. The van der Waals surface area contributed by atoms with E-state index in [1.54, 1.807) is 12.1 Å². The average molecular weight is 287 g/mol. The fourth-order valence-corrected chi connectivity index (χ4v) is 2.70. The van der Waals surface area contributed by atoms with Gasteiger partial charge in [-0.15, -0.1) is 0 Å². The van der Waals surface area contributed by atoms with E-state index in [1.165, 1.54) is 12.1 Å². The van der Waals surface area contributed by atoms with Crippen LogP contribution in [0.3, 0.4) is 0 Å². The molecule has 3 nitrogen and oxygen atoms in total. The average Bonchev–Trinajstić information content (AvgIpc) is 2.74. The smallest absolute Gasteiger partial charge is 0.179 e. The van der Waals surface area contributed by atoms with Crippen molar-refractivity contribution in [3.63, 3.8) is 0 Å². The molecular formula is C15H14FN3S. The lowest BCUT2D eigenvalue weighted by Crippen LogP contribution is -2.07.